The lowest BCUT2D eigenvalue weighted by molar-refractivity contribution is 0.273. The van der Waals surface area contributed by atoms with Crippen LogP contribution in [0.25, 0.3) is 0 Å². The molecule has 0 aromatic heterocycles. The van der Waals surface area contributed by atoms with Gasteiger partial charge in [0.25, 0.3) is 0 Å². The van der Waals surface area contributed by atoms with Crippen LogP contribution in [0, 0.1) is 11.8 Å². The third kappa shape index (κ3) is 13.8. The maximum absolute atomic E-state index is 5.69. The van der Waals surface area contributed by atoms with Gasteiger partial charge in [-0.1, -0.05) is 142 Å². The first-order chi connectivity index (χ1) is 16.1. The van der Waals surface area contributed by atoms with E-state index in [0.29, 0.717) is 0 Å². The van der Waals surface area contributed by atoms with Crippen LogP contribution in [-0.4, -0.2) is 18.0 Å². The smallest absolute Gasteiger partial charge is 0.183 e. The molecule has 0 aromatic rings. The third-order valence-corrected chi connectivity index (χ3v) is 8.23. The molecular weight excluding hydrogens is 402 g/mol. The number of hydrogen-bond acceptors (Lipinski definition) is 2. The minimum Gasteiger partial charge on any atom is -0.478 e. The molecule has 1 fully saturated rings. The molecule has 0 aromatic carbocycles. The van der Waals surface area contributed by atoms with Crippen LogP contribution in [-0.2, 0) is 4.74 Å². The first kappa shape index (κ1) is 28.7. The summed E-state index contributed by atoms with van der Waals surface area (Å²) in [6.45, 7) is 7.39. The summed E-state index contributed by atoms with van der Waals surface area (Å²) in [5.74, 6) is 3.16. The predicted octanol–water partition coefficient (Wildman–Crippen LogP) is 10.4. The van der Waals surface area contributed by atoms with Crippen LogP contribution >= 0.6 is 0 Å². The monoisotopic (exact) mass is 461 g/mol. The second-order valence-corrected chi connectivity index (χ2v) is 12.0. The Labute approximate surface area is 208 Å². The van der Waals surface area contributed by atoms with Crippen molar-refractivity contribution in [2.45, 2.75) is 174 Å². The van der Waals surface area contributed by atoms with Gasteiger partial charge in [0.05, 0.1) is 5.54 Å². The topological polar surface area (TPSA) is 21.6 Å². The number of nitrogens with zero attached hydrogens (tertiary/aromatic N) is 1. The summed E-state index contributed by atoms with van der Waals surface area (Å²) in [5.41, 5.74) is 0.0153. The van der Waals surface area contributed by atoms with Crippen molar-refractivity contribution in [1.29, 1.82) is 0 Å². The van der Waals surface area contributed by atoms with Gasteiger partial charge in [-0.15, -0.1) is 0 Å². The molecule has 2 aliphatic rings. The number of aliphatic imine (C=N–C) groups is 1. The zero-order chi connectivity index (χ0) is 23.6. The highest BCUT2D eigenvalue weighted by Gasteiger charge is 2.26. The Morgan fingerprint density at radius 2 is 1.12 bits per heavy atom. The van der Waals surface area contributed by atoms with E-state index >= 15 is 0 Å². The Morgan fingerprint density at radius 1 is 0.667 bits per heavy atom. The molecule has 2 rings (SSSR count). The van der Waals surface area contributed by atoms with E-state index in [0.717, 1.165) is 30.8 Å². The summed E-state index contributed by atoms with van der Waals surface area (Å²) in [4.78, 5) is 4.65. The Bertz CT molecular complexity index is 497. The summed E-state index contributed by atoms with van der Waals surface area (Å²) < 4.78 is 5.69. The fraction of sp³-hybridized carbons (Fsp3) is 0.968. The molecule has 0 bridgehead atoms. The van der Waals surface area contributed by atoms with E-state index in [4.69, 9.17) is 4.74 Å². The van der Waals surface area contributed by atoms with Crippen LogP contribution in [0.1, 0.15) is 168 Å². The van der Waals surface area contributed by atoms with Gasteiger partial charge in [0.1, 0.15) is 6.61 Å². The first-order valence-corrected chi connectivity index (χ1v) is 15.3. The van der Waals surface area contributed by atoms with Crippen molar-refractivity contribution in [3.63, 3.8) is 0 Å². The quantitative estimate of drug-likeness (QED) is 0.156. The Kier molecular flexibility index (Phi) is 15.5. The summed E-state index contributed by atoms with van der Waals surface area (Å²) in [6, 6.07) is 0. The van der Waals surface area contributed by atoms with Gasteiger partial charge in [0, 0.05) is 6.42 Å². The van der Waals surface area contributed by atoms with E-state index in [1.807, 2.05) is 0 Å². The van der Waals surface area contributed by atoms with Crippen LogP contribution < -0.4 is 0 Å². The molecule has 194 valence electrons. The standard InChI is InChI=1S/C31H59NO/c1-4-5-6-7-12-15-18-22-28-24-21-25-29(28)23-19-16-13-10-8-9-11-14-17-20-26-30-32-31(2,3)27-33-30/h28-29H,4-27H2,1-3H3. The Hall–Kier alpha value is -0.530. The second-order valence-electron chi connectivity index (χ2n) is 12.0. The summed E-state index contributed by atoms with van der Waals surface area (Å²) in [6.07, 6.45) is 33.2. The third-order valence-electron chi connectivity index (χ3n) is 8.23. The number of rotatable bonds is 21. The molecule has 1 saturated carbocycles. The van der Waals surface area contributed by atoms with Gasteiger partial charge in [0.15, 0.2) is 5.90 Å². The molecule has 0 amide bonds. The Balaban J connectivity index is 1.33. The van der Waals surface area contributed by atoms with Crippen molar-refractivity contribution >= 4 is 5.90 Å². The van der Waals surface area contributed by atoms with Gasteiger partial charge in [-0.2, -0.15) is 0 Å². The van der Waals surface area contributed by atoms with Crippen molar-refractivity contribution in [2.75, 3.05) is 6.61 Å². The number of ether oxygens (including phenoxy) is 1. The number of hydrogen-bond donors (Lipinski definition) is 0. The highest BCUT2D eigenvalue weighted by Crippen LogP contribution is 2.38. The zero-order valence-electron chi connectivity index (χ0n) is 23.0. The molecule has 1 heterocycles. The van der Waals surface area contributed by atoms with E-state index in [-0.39, 0.29) is 5.54 Å². The van der Waals surface area contributed by atoms with Crippen molar-refractivity contribution in [2.24, 2.45) is 16.8 Å². The van der Waals surface area contributed by atoms with Gasteiger partial charge >= 0.3 is 0 Å². The van der Waals surface area contributed by atoms with E-state index in [1.54, 1.807) is 12.8 Å². The van der Waals surface area contributed by atoms with E-state index in [1.165, 1.54) is 128 Å². The molecule has 2 heteroatoms. The molecule has 0 N–H and O–H groups in total. The van der Waals surface area contributed by atoms with Crippen LogP contribution in [0.4, 0.5) is 0 Å². The van der Waals surface area contributed by atoms with Crippen LogP contribution in [0.3, 0.4) is 0 Å². The van der Waals surface area contributed by atoms with Crippen molar-refractivity contribution < 1.29 is 4.74 Å². The Morgan fingerprint density at radius 3 is 1.58 bits per heavy atom. The van der Waals surface area contributed by atoms with E-state index < -0.39 is 0 Å². The minimum absolute atomic E-state index is 0.0153. The van der Waals surface area contributed by atoms with Gasteiger partial charge in [-0.3, -0.25) is 0 Å². The van der Waals surface area contributed by atoms with Crippen LogP contribution in [0.15, 0.2) is 4.99 Å². The maximum Gasteiger partial charge on any atom is 0.183 e. The van der Waals surface area contributed by atoms with Crippen molar-refractivity contribution in [1.82, 2.24) is 0 Å². The summed E-state index contributed by atoms with van der Waals surface area (Å²) >= 11 is 0. The number of unbranched alkanes of at least 4 members (excludes halogenated alkanes) is 15. The first-order valence-electron chi connectivity index (χ1n) is 15.3. The molecule has 0 spiro atoms. The van der Waals surface area contributed by atoms with Crippen molar-refractivity contribution in [3.05, 3.63) is 0 Å². The second kappa shape index (κ2) is 17.8. The molecule has 2 nitrogen and oxygen atoms in total. The molecule has 0 saturated heterocycles. The molecule has 33 heavy (non-hydrogen) atoms. The fourth-order valence-corrected chi connectivity index (χ4v) is 6.12. The average Bonchev–Trinajstić information content (AvgIpc) is 3.39. The molecule has 2 unspecified atom stereocenters. The predicted molar refractivity (Wildman–Crippen MR) is 146 cm³/mol. The fourth-order valence-electron chi connectivity index (χ4n) is 6.12. The van der Waals surface area contributed by atoms with Gasteiger partial charge in [-0.25, -0.2) is 4.99 Å². The highest BCUT2D eigenvalue weighted by atomic mass is 16.5. The van der Waals surface area contributed by atoms with Crippen LogP contribution in [0.2, 0.25) is 0 Å². The largest absolute Gasteiger partial charge is 0.478 e. The average molecular weight is 462 g/mol. The molecule has 1 aliphatic carbocycles. The zero-order valence-corrected chi connectivity index (χ0v) is 23.0. The van der Waals surface area contributed by atoms with Crippen LogP contribution in [0.5, 0.6) is 0 Å². The maximum atomic E-state index is 5.69. The lowest BCUT2D eigenvalue weighted by Crippen LogP contribution is -2.17. The van der Waals surface area contributed by atoms with E-state index in [2.05, 4.69) is 25.8 Å². The minimum atomic E-state index is 0.0153. The normalized spacial score (nSPS) is 22.0. The molecule has 1 aliphatic heterocycles. The SMILES string of the molecule is CCCCCCCCCC1CCCC1CCCCCCCCCCCCC1=NC(C)(C)CO1. The van der Waals surface area contributed by atoms with E-state index in [9.17, 15) is 0 Å². The van der Waals surface area contributed by atoms with Gasteiger partial charge < -0.3 is 4.74 Å². The van der Waals surface area contributed by atoms with Gasteiger partial charge in [-0.05, 0) is 32.1 Å². The molecular formula is C31H59NO. The van der Waals surface area contributed by atoms with Crippen molar-refractivity contribution in [3.8, 4) is 0 Å². The summed E-state index contributed by atoms with van der Waals surface area (Å²) in [7, 11) is 0. The van der Waals surface area contributed by atoms with Gasteiger partial charge in [0.2, 0.25) is 0 Å². The lowest BCUT2D eigenvalue weighted by atomic mass is 9.86. The summed E-state index contributed by atoms with van der Waals surface area (Å²) in [5, 5.41) is 0. The highest BCUT2D eigenvalue weighted by molar-refractivity contribution is 5.78. The lowest BCUT2D eigenvalue weighted by Gasteiger charge is -2.19. The molecule has 2 atom stereocenters. The molecule has 0 radical (unpaired) electrons.